The number of hydrogen-bond acceptors (Lipinski definition) is 2. The fourth-order valence-electron chi connectivity index (χ4n) is 4.77. The summed E-state index contributed by atoms with van der Waals surface area (Å²) in [6, 6.07) is 12.3. The molecule has 0 bridgehead atoms. The van der Waals surface area contributed by atoms with Gasteiger partial charge >= 0.3 is 6.18 Å². The van der Waals surface area contributed by atoms with Gasteiger partial charge in [-0.25, -0.2) is 0 Å². The lowest BCUT2D eigenvalue weighted by Gasteiger charge is -2.45. The van der Waals surface area contributed by atoms with E-state index in [1.807, 2.05) is 12.1 Å². The van der Waals surface area contributed by atoms with Crippen LogP contribution in [0, 0.1) is 5.92 Å². The molecule has 0 unspecified atom stereocenters. The van der Waals surface area contributed by atoms with Crippen LogP contribution in [0.25, 0.3) is 0 Å². The normalized spacial score (nSPS) is 26.2. The Morgan fingerprint density at radius 3 is 2.58 bits per heavy atom. The first kappa shape index (κ1) is 22.2. The van der Waals surface area contributed by atoms with Gasteiger partial charge in [0.15, 0.2) is 0 Å². The first-order chi connectivity index (χ1) is 14.8. The van der Waals surface area contributed by atoms with Gasteiger partial charge in [-0.05, 0) is 54.7 Å². The Hall–Kier alpha value is -2.05. The lowest BCUT2D eigenvalue weighted by Crippen LogP contribution is -2.51. The Bertz CT molecular complexity index is 916. The number of hydrogen-bond donors (Lipinski definition) is 1. The van der Waals surface area contributed by atoms with Gasteiger partial charge in [0, 0.05) is 17.0 Å². The second-order valence-corrected chi connectivity index (χ2v) is 8.88. The largest absolute Gasteiger partial charge is 0.416 e. The van der Waals surface area contributed by atoms with Crippen molar-refractivity contribution in [1.29, 1.82) is 0 Å². The van der Waals surface area contributed by atoms with Crippen molar-refractivity contribution in [2.24, 2.45) is 5.92 Å². The van der Waals surface area contributed by atoms with E-state index in [2.05, 4.69) is 5.32 Å². The summed E-state index contributed by atoms with van der Waals surface area (Å²) in [7, 11) is 0. The Morgan fingerprint density at radius 1 is 1.10 bits per heavy atom. The van der Waals surface area contributed by atoms with Crippen molar-refractivity contribution in [2.75, 3.05) is 0 Å². The molecule has 1 saturated heterocycles. The van der Waals surface area contributed by atoms with Crippen molar-refractivity contribution in [2.45, 2.75) is 63.0 Å². The molecule has 2 aliphatic rings. The monoisotopic (exact) mass is 451 g/mol. The van der Waals surface area contributed by atoms with Gasteiger partial charge in [-0.15, -0.1) is 0 Å². The van der Waals surface area contributed by atoms with Crippen LogP contribution in [0.5, 0.6) is 0 Å². The maximum atomic E-state index is 13.2. The minimum Gasteiger partial charge on any atom is -0.370 e. The van der Waals surface area contributed by atoms with Crippen molar-refractivity contribution < 1.29 is 22.7 Å². The predicted molar refractivity (Wildman–Crippen MR) is 113 cm³/mol. The van der Waals surface area contributed by atoms with Gasteiger partial charge in [0.2, 0.25) is 5.91 Å². The van der Waals surface area contributed by atoms with Gasteiger partial charge in [-0.2, -0.15) is 13.2 Å². The number of ether oxygens (including phenoxy) is 1. The molecule has 1 N–H and O–H groups in total. The molecule has 0 aromatic heterocycles. The van der Waals surface area contributed by atoms with Gasteiger partial charge in [-0.1, -0.05) is 48.7 Å². The fourth-order valence-corrected chi connectivity index (χ4v) is 4.89. The number of amides is 1. The number of carbonyl (C=O) groups is 1. The number of rotatable bonds is 4. The zero-order chi connectivity index (χ0) is 22.0. The summed E-state index contributed by atoms with van der Waals surface area (Å²) in [5.74, 6) is 0.0892. The average molecular weight is 452 g/mol. The number of carbonyl (C=O) groups excluding carboxylic acids is 1. The van der Waals surface area contributed by atoms with E-state index >= 15 is 0 Å². The molecule has 1 amide bonds. The van der Waals surface area contributed by atoms with Crippen molar-refractivity contribution in [3.8, 4) is 0 Å². The van der Waals surface area contributed by atoms with E-state index in [9.17, 15) is 18.0 Å². The van der Waals surface area contributed by atoms with E-state index in [0.29, 0.717) is 17.0 Å². The van der Waals surface area contributed by atoms with Gasteiger partial charge in [0.25, 0.3) is 0 Å². The maximum Gasteiger partial charge on any atom is 0.416 e. The summed E-state index contributed by atoms with van der Waals surface area (Å²) in [6.07, 6.45) is -0.302. The van der Waals surface area contributed by atoms with Gasteiger partial charge in [-0.3, -0.25) is 4.79 Å². The molecular formula is C24H25ClF3NO2. The van der Waals surface area contributed by atoms with Crippen molar-refractivity contribution in [1.82, 2.24) is 5.32 Å². The number of alkyl halides is 3. The Labute approximate surface area is 184 Å². The van der Waals surface area contributed by atoms with Crippen LogP contribution in [-0.4, -0.2) is 18.1 Å². The number of benzene rings is 2. The summed E-state index contributed by atoms with van der Waals surface area (Å²) in [5.41, 5.74) is 0.696. The highest BCUT2D eigenvalue weighted by molar-refractivity contribution is 6.30. The molecule has 1 saturated carbocycles. The van der Waals surface area contributed by atoms with Crippen LogP contribution in [0.15, 0.2) is 48.5 Å². The molecule has 2 fully saturated rings. The van der Waals surface area contributed by atoms with Crippen LogP contribution in [0.3, 0.4) is 0 Å². The summed E-state index contributed by atoms with van der Waals surface area (Å²) in [5, 5.41) is 3.77. The molecule has 166 valence electrons. The van der Waals surface area contributed by atoms with Crippen molar-refractivity contribution in [3.63, 3.8) is 0 Å². The summed E-state index contributed by atoms with van der Waals surface area (Å²) < 4.78 is 45.8. The van der Waals surface area contributed by atoms with Gasteiger partial charge in [0.05, 0.1) is 24.2 Å². The minimum atomic E-state index is -4.40. The quantitative estimate of drug-likeness (QED) is 0.609. The smallest absolute Gasteiger partial charge is 0.370 e. The third-order valence-electron chi connectivity index (χ3n) is 6.29. The minimum absolute atomic E-state index is 0.0529. The zero-order valence-corrected chi connectivity index (χ0v) is 17.8. The Kier molecular flexibility index (Phi) is 6.58. The number of fused-ring (bicyclic) bond motifs is 1. The third-order valence-corrected chi connectivity index (χ3v) is 6.54. The molecule has 0 radical (unpaired) electrons. The van der Waals surface area contributed by atoms with E-state index in [4.69, 9.17) is 16.3 Å². The summed E-state index contributed by atoms with van der Waals surface area (Å²) in [6.45, 7) is 0. The highest BCUT2D eigenvalue weighted by Crippen LogP contribution is 2.42. The SMILES string of the molecule is O=C(Cc1ccc(Cl)cc1)N[C@H]1C[C@@H](c2cccc(C(F)(F)F)c2)O[C@H]2CCCC[C@H]12. The number of halogens is 4. The van der Waals surface area contributed by atoms with E-state index in [1.54, 1.807) is 18.2 Å². The van der Waals surface area contributed by atoms with Crippen LogP contribution in [0.2, 0.25) is 5.02 Å². The molecule has 1 aliphatic heterocycles. The second-order valence-electron chi connectivity index (χ2n) is 8.45. The molecule has 2 aromatic carbocycles. The third kappa shape index (κ3) is 5.42. The molecule has 2 aromatic rings. The molecule has 4 rings (SSSR count). The van der Waals surface area contributed by atoms with Crippen LogP contribution in [0.1, 0.15) is 54.9 Å². The van der Waals surface area contributed by atoms with Gasteiger partial charge < -0.3 is 10.1 Å². The molecule has 31 heavy (non-hydrogen) atoms. The van der Waals surface area contributed by atoms with Crippen LogP contribution >= 0.6 is 11.6 Å². The zero-order valence-electron chi connectivity index (χ0n) is 17.0. The van der Waals surface area contributed by atoms with E-state index in [-0.39, 0.29) is 30.4 Å². The molecule has 1 heterocycles. The average Bonchev–Trinajstić information content (AvgIpc) is 2.75. The Balaban J connectivity index is 1.50. The van der Waals surface area contributed by atoms with E-state index in [0.717, 1.165) is 37.3 Å². The fraction of sp³-hybridized carbons (Fsp3) is 0.458. The standard InChI is InChI=1S/C24H25ClF3NO2/c25-18-10-8-15(9-11-18)12-23(30)29-20-14-22(31-21-7-2-1-6-19(20)21)16-4-3-5-17(13-16)24(26,27)28/h3-5,8-11,13,19-22H,1-2,6-7,12,14H2,(H,29,30)/t19-,20+,21+,22+/m1/s1. The lowest BCUT2D eigenvalue weighted by molar-refractivity contribution is -0.138. The summed E-state index contributed by atoms with van der Waals surface area (Å²) >= 11 is 5.91. The van der Waals surface area contributed by atoms with Crippen molar-refractivity contribution >= 4 is 17.5 Å². The lowest BCUT2D eigenvalue weighted by atomic mass is 9.76. The van der Waals surface area contributed by atoms with Crippen molar-refractivity contribution in [3.05, 3.63) is 70.2 Å². The van der Waals surface area contributed by atoms with Crippen LogP contribution < -0.4 is 5.32 Å². The highest BCUT2D eigenvalue weighted by Gasteiger charge is 2.41. The molecule has 1 aliphatic carbocycles. The van der Waals surface area contributed by atoms with E-state index < -0.39 is 17.8 Å². The second kappa shape index (κ2) is 9.21. The molecular weight excluding hydrogens is 427 g/mol. The highest BCUT2D eigenvalue weighted by atomic mass is 35.5. The Morgan fingerprint density at radius 2 is 1.84 bits per heavy atom. The molecule has 4 atom stereocenters. The molecule has 7 heteroatoms. The topological polar surface area (TPSA) is 38.3 Å². The first-order valence-electron chi connectivity index (χ1n) is 10.7. The molecule has 0 spiro atoms. The number of nitrogens with one attached hydrogen (secondary N) is 1. The van der Waals surface area contributed by atoms with Gasteiger partial charge in [0.1, 0.15) is 0 Å². The van der Waals surface area contributed by atoms with E-state index in [1.165, 1.54) is 12.1 Å². The van der Waals surface area contributed by atoms with Crippen LogP contribution in [-0.2, 0) is 22.1 Å². The predicted octanol–water partition coefficient (Wildman–Crippen LogP) is 6.11. The maximum absolute atomic E-state index is 13.2. The summed E-state index contributed by atoms with van der Waals surface area (Å²) in [4.78, 5) is 12.7. The first-order valence-corrected chi connectivity index (χ1v) is 11.0. The van der Waals surface area contributed by atoms with Crippen LogP contribution in [0.4, 0.5) is 13.2 Å². The molecule has 3 nitrogen and oxygen atoms in total.